The minimum absolute atomic E-state index is 0.147. The third-order valence-electron chi connectivity index (χ3n) is 2.29. The minimum atomic E-state index is -1.01. The van der Waals surface area contributed by atoms with Gasteiger partial charge in [0.15, 0.2) is 11.5 Å². The fraction of sp³-hybridized carbons (Fsp3) is 0.0769. The maximum absolute atomic E-state index is 10.8. The molecule has 18 heavy (non-hydrogen) atoms. The van der Waals surface area contributed by atoms with E-state index >= 15 is 0 Å². The molecule has 0 bridgehead atoms. The molecule has 0 aliphatic rings. The molecule has 0 atom stereocenters. The van der Waals surface area contributed by atoms with Gasteiger partial charge in [-0.05, 0) is 30.3 Å². The quantitative estimate of drug-likeness (QED) is 0.896. The second kappa shape index (κ2) is 5.18. The monoisotopic (exact) mass is 245 g/mol. The van der Waals surface area contributed by atoms with Crippen molar-refractivity contribution in [1.29, 1.82) is 0 Å². The van der Waals surface area contributed by atoms with Crippen LogP contribution in [0.25, 0.3) is 0 Å². The number of hydrogen-bond donors (Lipinski definition) is 1. The summed E-state index contributed by atoms with van der Waals surface area (Å²) >= 11 is 0. The molecule has 0 aliphatic carbocycles. The lowest BCUT2D eigenvalue weighted by Gasteiger charge is -2.10. The smallest absolute Gasteiger partial charge is 0.335 e. The van der Waals surface area contributed by atoms with Crippen molar-refractivity contribution in [2.24, 2.45) is 0 Å². The zero-order chi connectivity index (χ0) is 13.0. The molecule has 0 unspecified atom stereocenters. The molecule has 1 N–H and O–H groups in total. The van der Waals surface area contributed by atoms with Crippen LogP contribution in [-0.4, -0.2) is 23.2 Å². The van der Waals surface area contributed by atoms with Crippen LogP contribution in [0.5, 0.6) is 17.2 Å². The van der Waals surface area contributed by atoms with Crippen LogP contribution in [0.2, 0.25) is 0 Å². The summed E-state index contributed by atoms with van der Waals surface area (Å²) in [5.41, 5.74) is 0.147. The number of carbonyl (C=O) groups is 1. The van der Waals surface area contributed by atoms with Crippen LogP contribution in [0.4, 0.5) is 0 Å². The van der Waals surface area contributed by atoms with E-state index in [-0.39, 0.29) is 5.56 Å². The van der Waals surface area contributed by atoms with Gasteiger partial charge in [-0.15, -0.1) is 0 Å². The van der Waals surface area contributed by atoms with Crippen molar-refractivity contribution >= 4 is 5.97 Å². The molecule has 1 aromatic carbocycles. The van der Waals surface area contributed by atoms with Crippen molar-refractivity contribution < 1.29 is 19.4 Å². The maximum Gasteiger partial charge on any atom is 0.335 e. The van der Waals surface area contributed by atoms with Gasteiger partial charge in [-0.2, -0.15) is 0 Å². The zero-order valence-electron chi connectivity index (χ0n) is 9.66. The van der Waals surface area contributed by atoms with E-state index in [1.54, 1.807) is 30.6 Å². The number of carboxylic acid groups (broad SMARTS) is 1. The normalized spacial score (nSPS) is 9.83. The highest BCUT2D eigenvalue weighted by Crippen LogP contribution is 2.31. The lowest BCUT2D eigenvalue weighted by Crippen LogP contribution is -1.98. The number of aromatic carboxylic acids is 1. The van der Waals surface area contributed by atoms with E-state index in [0.717, 1.165) is 0 Å². The number of rotatable bonds is 4. The van der Waals surface area contributed by atoms with Gasteiger partial charge >= 0.3 is 5.97 Å². The minimum Gasteiger partial charge on any atom is -0.493 e. The van der Waals surface area contributed by atoms with E-state index < -0.39 is 5.97 Å². The molecule has 2 aromatic rings. The molecule has 0 radical (unpaired) electrons. The van der Waals surface area contributed by atoms with Crippen LogP contribution < -0.4 is 9.47 Å². The number of hydrogen-bond acceptors (Lipinski definition) is 4. The number of methoxy groups -OCH3 is 1. The van der Waals surface area contributed by atoms with E-state index in [0.29, 0.717) is 17.2 Å². The first kappa shape index (κ1) is 11.9. The Morgan fingerprint density at radius 2 is 1.89 bits per heavy atom. The summed E-state index contributed by atoms with van der Waals surface area (Å²) in [6.45, 7) is 0. The van der Waals surface area contributed by atoms with Gasteiger partial charge in [0.25, 0.3) is 0 Å². The van der Waals surface area contributed by atoms with Gasteiger partial charge in [0.1, 0.15) is 5.75 Å². The van der Waals surface area contributed by atoms with Gasteiger partial charge < -0.3 is 14.6 Å². The number of ether oxygens (including phenoxy) is 2. The summed E-state index contributed by atoms with van der Waals surface area (Å²) in [6, 6.07) is 7.83. The van der Waals surface area contributed by atoms with Gasteiger partial charge in [0.2, 0.25) is 0 Å². The van der Waals surface area contributed by atoms with Crippen molar-refractivity contribution in [3.05, 3.63) is 48.3 Å². The largest absolute Gasteiger partial charge is 0.493 e. The Balaban J connectivity index is 2.31. The molecule has 0 aliphatic heterocycles. The van der Waals surface area contributed by atoms with Gasteiger partial charge in [0, 0.05) is 12.4 Å². The second-order valence-corrected chi connectivity index (χ2v) is 3.46. The lowest BCUT2D eigenvalue weighted by atomic mass is 10.2. The van der Waals surface area contributed by atoms with Crippen molar-refractivity contribution in [3.8, 4) is 17.2 Å². The average Bonchev–Trinajstić information content (AvgIpc) is 2.40. The Morgan fingerprint density at radius 3 is 2.50 bits per heavy atom. The number of carboxylic acids is 1. The first-order valence-electron chi connectivity index (χ1n) is 5.20. The fourth-order valence-electron chi connectivity index (χ4n) is 1.42. The SMILES string of the molecule is COc1cc(C(=O)O)ccc1Oc1ccncc1. The molecular formula is C13H11NO4. The summed E-state index contributed by atoms with van der Waals surface area (Å²) in [4.78, 5) is 14.7. The Hall–Kier alpha value is -2.56. The molecule has 5 heteroatoms. The number of aromatic nitrogens is 1. The summed E-state index contributed by atoms with van der Waals surface area (Å²) in [5.74, 6) is 0.413. The lowest BCUT2D eigenvalue weighted by molar-refractivity contribution is 0.0696. The van der Waals surface area contributed by atoms with E-state index in [1.165, 1.54) is 19.2 Å². The highest BCUT2D eigenvalue weighted by atomic mass is 16.5. The van der Waals surface area contributed by atoms with Gasteiger partial charge in [-0.25, -0.2) is 4.79 Å². The van der Waals surface area contributed by atoms with Crippen LogP contribution in [0.15, 0.2) is 42.7 Å². The summed E-state index contributed by atoms with van der Waals surface area (Å²) in [6.07, 6.45) is 3.21. The number of pyridine rings is 1. The standard InChI is InChI=1S/C13H11NO4/c1-17-12-8-9(13(15)16)2-3-11(12)18-10-4-6-14-7-5-10/h2-8H,1H3,(H,15,16). The predicted molar refractivity (Wildman–Crippen MR) is 64.3 cm³/mol. The highest BCUT2D eigenvalue weighted by Gasteiger charge is 2.10. The molecular weight excluding hydrogens is 234 g/mol. The van der Waals surface area contributed by atoms with Crippen LogP contribution in [0.1, 0.15) is 10.4 Å². The van der Waals surface area contributed by atoms with Crippen LogP contribution >= 0.6 is 0 Å². The molecule has 0 saturated heterocycles. The number of benzene rings is 1. The van der Waals surface area contributed by atoms with Crippen LogP contribution in [0, 0.1) is 0 Å². The Bertz CT molecular complexity index is 554. The number of nitrogens with zero attached hydrogens (tertiary/aromatic N) is 1. The van der Waals surface area contributed by atoms with E-state index in [2.05, 4.69) is 4.98 Å². The van der Waals surface area contributed by atoms with Crippen molar-refractivity contribution in [1.82, 2.24) is 4.98 Å². The molecule has 2 rings (SSSR count). The molecule has 0 amide bonds. The molecule has 1 aromatic heterocycles. The van der Waals surface area contributed by atoms with Crippen molar-refractivity contribution in [3.63, 3.8) is 0 Å². The third-order valence-corrected chi connectivity index (χ3v) is 2.29. The summed E-state index contributed by atoms with van der Waals surface area (Å²) < 4.78 is 10.7. The topological polar surface area (TPSA) is 68.7 Å². The molecule has 1 heterocycles. The second-order valence-electron chi connectivity index (χ2n) is 3.46. The Kier molecular flexibility index (Phi) is 3.43. The summed E-state index contributed by atoms with van der Waals surface area (Å²) in [5, 5.41) is 8.88. The third kappa shape index (κ3) is 2.57. The van der Waals surface area contributed by atoms with E-state index in [1.807, 2.05) is 0 Å². The van der Waals surface area contributed by atoms with Crippen molar-refractivity contribution in [2.45, 2.75) is 0 Å². The fourth-order valence-corrected chi connectivity index (χ4v) is 1.42. The first-order valence-corrected chi connectivity index (χ1v) is 5.20. The van der Waals surface area contributed by atoms with Gasteiger partial charge in [-0.3, -0.25) is 4.98 Å². The average molecular weight is 245 g/mol. The van der Waals surface area contributed by atoms with E-state index in [9.17, 15) is 4.79 Å². The van der Waals surface area contributed by atoms with Gasteiger partial charge in [0.05, 0.1) is 12.7 Å². The van der Waals surface area contributed by atoms with Crippen molar-refractivity contribution in [2.75, 3.05) is 7.11 Å². The zero-order valence-corrected chi connectivity index (χ0v) is 9.66. The molecule has 92 valence electrons. The van der Waals surface area contributed by atoms with Crippen LogP contribution in [-0.2, 0) is 0 Å². The predicted octanol–water partition coefficient (Wildman–Crippen LogP) is 2.58. The van der Waals surface area contributed by atoms with Gasteiger partial charge in [-0.1, -0.05) is 0 Å². The molecule has 0 saturated carbocycles. The Morgan fingerprint density at radius 1 is 1.17 bits per heavy atom. The Labute approximate surface area is 104 Å². The van der Waals surface area contributed by atoms with Crippen LogP contribution in [0.3, 0.4) is 0 Å². The summed E-state index contributed by atoms with van der Waals surface area (Å²) in [7, 11) is 1.46. The molecule has 0 spiro atoms. The molecule has 5 nitrogen and oxygen atoms in total. The highest BCUT2D eigenvalue weighted by molar-refractivity contribution is 5.88. The van der Waals surface area contributed by atoms with E-state index in [4.69, 9.17) is 14.6 Å². The maximum atomic E-state index is 10.8. The first-order chi connectivity index (χ1) is 8.70. The molecule has 0 fully saturated rings.